The summed E-state index contributed by atoms with van der Waals surface area (Å²) in [4.78, 5) is 5.50. The molecule has 1 atom stereocenters. The standard InChI is InChI=1S/C17H33N3/c1-4-11-20(12-5-1)17-8-14-19(15-9-17)13-7-16-6-2-3-10-18-16/h16-18H,1-15H2. The van der Waals surface area contributed by atoms with E-state index in [1.807, 2.05) is 0 Å². The van der Waals surface area contributed by atoms with Crippen molar-refractivity contribution in [3.8, 4) is 0 Å². The van der Waals surface area contributed by atoms with Crippen LogP contribution in [0.15, 0.2) is 0 Å². The van der Waals surface area contributed by atoms with E-state index in [1.54, 1.807) is 0 Å². The van der Waals surface area contributed by atoms with Crippen molar-refractivity contribution in [2.24, 2.45) is 0 Å². The second-order valence-corrected chi connectivity index (χ2v) is 7.10. The molecular weight excluding hydrogens is 246 g/mol. The highest BCUT2D eigenvalue weighted by Gasteiger charge is 2.25. The lowest BCUT2D eigenvalue weighted by atomic mass is 9.98. The van der Waals surface area contributed by atoms with Crippen LogP contribution in [-0.2, 0) is 0 Å². The van der Waals surface area contributed by atoms with Gasteiger partial charge in [-0.15, -0.1) is 0 Å². The van der Waals surface area contributed by atoms with Crippen molar-refractivity contribution in [1.82, 2.24) is 15.1 Å². The Labute approximate surface area is 125 Å². The highest BCUT2D eigenvalue weighted by molar-refractivity contribution is 4.82. The van der Waals surface area contributed by atoms with Gasteiger partial charge in [-0.05, 0) is 84.2 Å². The minimum absolute atomic E-state index is 0.809. The van der Waals surface area contributed by atoms with Gasteiger partial charge in [0.1, 0.15) is 0 Å². The molecule has 3 aliphatic rings. The molecule has 116 valence electrons. The Kier molecular flexibility index (Phi) is 5.75. The maximum absolute atomic E-state index is 3.68. The van der Waals surface area contributed by atoms with Gasteiger partial charge in [-0.1, -0.05) is 12.8 Å². The lowest BCUT2D eigenvalue weighted by molar-refractivity contribution is 0.0902. The van der Waals surface area contributed by atoms with Gasteiger partial charge in [0.2, 0.25) is 0 Å². The number of likely N-dealkylation sites (tertiary alicyclic amines) is 2. The van der Waals surface area contributed by atoms with Crippen LogP contribution in [0, 0.1) is 0 Å². The fraction of sp³-hybridized carbons (Fsp3) is 1.00. The van der Waals surface area contributed by atoms with Gasteiger partial charge in [0, 0.05) is 12.1 Å². The number of nitrogens with zero attached hydrogens (tertiary/aromatic N) is 2. The van der Waals surface area contributed by atoms with E-state index in [4.69, 9.17) is 0 Å². The molecule has 3 heterocycles. The van der Waals surface area contributed by atoms with Crippen molar-refractivity contribution in [1.29, 1.82) is 0 Å². The summed E-state index contributed by atoms with van der Waals surface area (Å²) >= 11 is 0. The lowest BCUT2D eigenvalue weighted by Gasteiger charge is -2.40. The molecule has 3 aliphatic heterocycles. The van der Waals surface area contributed by atoms with Crippen molar-refractivity contribution in [3.05, 3.63) is 0 Å². The third kappa shape index (κ3) is 4.19. The molecule has 1 unspecified atom stereocenters. The van der Waals surface area contributed by atoms with Crippen LogP contribution in [0.5, 0.6) is 0 Å². The normalized spacial score (nSPS) is 31.5. The minimum Gasteiger partial charge on any atom is -0.314 e. The summed E-state index contributed by atoms with van der Waals surface area (Å²) in [5.41, 5.74) is 0. The highest BCUT2D eigenvalue weighted by atomic mass is 15.2. The molecule has 3 nitrogen and oxygen atoms in total. The van der Waals surface area contributed by atoms with Crippen molar-refractivity contribution in [3.63, 3.8) is 0 Å². The van der Waals surface area contributed by atoms with E-state index in [0.717, 1.165) is 12.1 Å². The summed E-state index contributed by atoms with van der Waals surface area (Å²) in [6, 6.07) is 1.71. The van der Waals surface area contributed by atoms with Crippen LogP contribution in [0.4, 0.5) is 0 Å². The first-order chi connectivity index (χ1) is 9.92. The monoisotopic (exact) mass is 279 g/mol. The molecule has 3 saturated heterocycles. The van der Waals surface area contributed by atoms with E-state index in [1.165, 1.54) is 97.1 Å². The Hall–Kier alpha value is -0.120. The summed E-state index contributed by atoms with van der Waals surface area (Å²) in [6.07, 6.45) is 12.8. The zero-order valence-corrected chi connectivity index (χ0v) is 13.2. The Bertz CT molecular complexity index is 261. The molecule has 0 aliphatic carbocycles. The molecule has 0 aromatic heterocycles. The van der Waals surface area contributed by atoms with Crippen LogP contribution < -0.4 is 5.32 Å². The summed E-state index contributed by atoms with van der Waals surface area (Å²) in [5, 5.41) is 3.68. The van der Waals surface area contributed by atoms with Gasteiger partial charge in [-0.2, -0.15) is 0 Å². The number of nitrogens with one attached hydrogen (secondary N) is 1. The number of rotatable bonds is 4. The Morgan fingerprint density at radius 3 is 2.30 bits per heavy atom. The first-order valence-electron chi connectivity index (χ1n) is 9.11. The zero-order chi connectivity index (χ0) is 13.6. The quantitative estimate of drug-likeness (QED) is 0.853. The van der Waals surface area contributed by atoms with Gasteiger partial charge in [-0.25, -0.2) is 0 Å². The maximum Gasteiger partial charge on any atom is 0.0120 e. The second-order valence-electron chi connectivity index (χ2n) is 7.10. The highest BCUT2D eigenvalue weighted by Crippen LogP contribution is 2.21. The largest absolute Gasteiger partial charge is 0.314 e. The molecule has 1 N–H and O–H groups in total. The van der Waals surface area contributed by atoms with Gasteiger partial charge < -0.3 is 15.1 Å². The fourth-order valence-corrected chi connectivity index (χ4v) is 4.30. The van der Waals surface area contributed by atoms with E-state index in [-0.39, 0.29) is 0 Å². The SMILES string of the molecule is C1CCN(C2CCN(CCC3CCCCN3)CC2)CC1. The molecule has 0 aromatic carbocycles. The summed E-state index contributed by atoms with van der Waals surface area (Å²) in [6.45, 7) is 8.00. The van der Waals surface area contributed by atoms with Crippen molar-refractivity contribution < 1.29 is 0 Å². The molecule has 3 rings (SSSR count). The third-order valence-electron chi connectivity index (χ3n) is 5.67. The molecule has 0 radical (unpaired) electrons. The molecule has 3 fully saturated rings. The van der Waals surface area contributed by atoms with Crippen LogP contribution in [0.25, 0.3) is 0 Å². The first-order valence-corrected chi connectivity index (χ1v) is 9.11. The lowest BCUT2D eigenvalue weighted by Crippen LogP contribution is -2.47. The van der Waals surface area contributed by atoms with Crippen LogP contribution in [0.3, 0.4) is 0 Å². The predicted molar refractivity (Wildman–Crippen MR) is 85.1 cm³/mol. The van der Waals surface area contributed by atoms with E-state index in [0.29, 0.717) is 0 Å². The second kappa shape index (κ2) is 7.77. The fourth-order valence-electron chi connectivity index (χ4n) is 4.30. The van der Waals surface area contributed by atoms with Crippen molar-refractivity contribution in [2.45, 2.75) is 69.9 Å². The molecule has 3 heteroatoms. The van der Waals surface area contributed by atoms with Crippen LogP contribution in [-0.4, -0.2) is 61.2 Å². The maximum atomic E-state index is 3.68. The van der Waals surface area contributed by atoms with E-state index < -0.39 is 0 Å². The zero-order valence-electron chi connectivity index (χ0n) is 13.2. The minimum atomic E-state index is 0.809. The molecule has 0 saturated carbocycles. The third-order valence-corrected chi connectivity index (χ3v) is 5.67. The number of hydrogen-bond donors (Lipinski definition) is 1. The molecule has 0 bridgehead atoms. The average molecular weight is 279 g/mol. The van der Waals surface area contributed by atoms with E-state index >= 15 is 0 Å². The smallest absolute Gasteiger partial charge is 0.0120 e. The van der Waals surface area contributed by atoms with Crippen molar-refractivity contribution in [2.75, 3.05) is 39.3 Å². The van der Waals surface area contributed by atoms with Gasteiger partial charge in [0.15, 0.2) is 0 Å². The Morgan fingerprint density at radius 2 is 1.60 bits per heavy atom. The Morgan fingerprint density at radius 1 is 0.800 bits per heavy atom. The summed E-state index contributed by atoms with van der Waals surface area (Å²) in [7, 11) is 0. The topological polar surface area (TPSA) is 18.5 Å². The van der Waals surface area contributed by atoms with E-state index in [2.05, 4.69) is 15.1 Å². The van der Waals surface area contributed by atoms with Crippen LogP contribution in [0.2, 0.25) is 0 Å². The predicted octanol–water partition coefficient (Wildman–Crippen LogP) is 2.47. The molecule has 0 spiro atoms. The van der Waals surface area contributed by atoms with Gasteiger partial charge >= 0.3 is 0 Å². The number of hydrogen-bond acceptors (Lipinski definition) is 3. The molecule has 20 heavy (non-hydrogen) atoms. The average Bonchev–Trinajstić information content (AvgIpc) is 2.55. The van der Waals surface area contributed by atoms with Crippen molar-refractivity contribution >= 4 is 0 Å². The molecule has 0 aromatic rings. The summed E-state index contributed by atoms with van der Waals surface area (Å²) < 4.78 is 0. The van der Waals surface area contributed by atoms with E-state index in [9.17, 15) is 0 Å². The van der Waals surface area contributed by atoms with Gasteiger partial charge in [0.05, 0.1) is 0 Å². The van der Waals surface area contributed by atoms with Gasteiger partial charge in [0.25, 0.3) is 0 Å². The Balaban J connectivity index is 1.33. The number of piperidine rings is 3. The van der Waals surface area contributed by atoms with Crippen LogP contribution in [0.1, 0.15) is 57.8 Å². The molecular formula is C17H33N3. The first kappa shape index (κ1) is 14.8. The summed E-state index contributed by atoms with van der Waals surface area (Å²) in [5.74, 6) is 0. The van der Waals surface area contributed by atoms with Crippen LogP contribution >= 0.6 is 0 Å². The molecule has 0 amide bonds. The van der Waals surface area contributed by atoms with Gasteiger partial charge in [-0.3, -0.25) is 0 Å².